The minimum atomic E-state index is -0.719. The normalized spacial score (nSPS) is 10.9. The lowest BCUT2D eigenvalue weighted by Gasteiger charge is -2.27. The van der Waals surface area contributed by atoms with Gasteiger partial charge < -0.3 is 9.47 Å². The predicted molar refractivity (Wildman–Crippen MR) is 92.8 cm³/mol. The van der Waals surface area contributed by atoms with Gasteiger partial charge in [-0.3, -0.25) is 4.79 Å². The summed E-state index contributed by atoms with van der Waals surface area (Å²) in [7, 11) is 1.47. The summed E-state index contributed by atoms with van der Waals surface area (Å²) < 4.78 is 11.1. The third-order valence-corrected chi connectivity index (χ3v) is 3.36. The van der Waals surface area contributed by atoms with Gasteiger partial charge in [-0.1, -0.05) is 18.2 Å². The van der Waals surface area contributed by atoms with Crippen LogP contribution in [0, 0.1) is 0 Å². The molecule has 2 amide bonds. The summed E-state index contributed by atoms with van der Waals surface area (Å²) in [4.78, 5) is 26.3. The largest absolute Gasteiger partial charge is 0.496 e. The Bertz CT molecular complexity index is 620. The van der Waals surface area contributed by atoms with Gasteiger partial charge in [-0.25, -0.2) is 9.69 Å². The number of imide groups is 1. The summed E-state index contributed by atoms with van der Waals surface area (Å²) in [5.41, 5.74) is 0.222. The molecule has 126 valence electrons. The molecule has 0 saturated carbocycles. The number of halogens is 1. The standard InChI is InChI=1S/C17H22BrNO4/c1-11(2)10-19(16(21)23-17(3,4)5)15(20)14-12(18)8-7-9-13(14)22-6/h7-9H,1,10H2,2-6H3. The van der Waals surface area contributed by atoms with Crippen LogP contribution in [0.25, 0.3) is 0 Å². The van der Waals surface area contributed by atoms with Crippen molar-refractivity contribution in [3.8, 4) is 5.75 Å². The molecule has 1 aromatic carbocycles. The SMILES string of the molecule is C=C(C)CN(C(=O)OC(C)(C)C)C(=O)c1c(Br)cccc1OC. The maximum atomic E-state index is 12.9. The number of amides is 2. The minimum absolute atomic E-state index is 0.0677. The molecule has 0 heterocycles. The van der Waals surface area contributed by atoms with Crippen LogP contribution < -0.4 is 4.74 Å². The molecule has 0 saturated heterocycles. The third-order valence-electron chi connectivity index (χ3n) is 2.70. The summed E-state index contributed by atoms with van der Waals surface area (Å²) in [6.07, 6.45) is -0.719. The predicted octanol–water partition coefficient (Wildman–Crippen LogP) is 4.41. The molecule has 0 aliphatic heterocycles. The van der Waals surface area contributed by atoms with Crippen LogP contribution in [0.4, 0.5) is 4.79 Å². The first-order valence-corrected chi connectivity index (χ1v) is 7.88. The maximum absolute atomic E-state index is 12.9. The zero-order valence-electron chi connectivity index (χ0n) is 14.1. The number of rotatable bonds is 4. The summed E-state index contributed by atoms with van der Waals surface area (Å²) in [5, 5.41) is 0. The molecule has 0 aliphatic carbocycles. The van der Waals surface area contributed by atoms with Gasteiger partial charge in [0.1, 0.15) is 11.4 Å². The van der Waals surface area contributed by atoms with E-state index in [9.17, 15) is 9.59 Å². The fourth-order valence-corrected chi connectivity index (χ4v) is 2.34. The highest BCUT2D eigenvalue weighted by molar-refractivity contribution is 9.10. The Labute approximate surface area is 145 Å². The van der Waals surface area contributed by atoms with E-state index in [1.54, 1.807) is 45.9 Å². The van der Waals surface area contributed by atoms with Crippen LogP contribution in [0.15, 0.2) is 34.8 Å². The van der Waals surface area contributed by atoms with E-state index in [1.165, 1.54) is 7.11 Å². The molecule has 5 nitrogen and oxygen atoms in total. The number of carbonyl (C=O) groups excluding carboxylic acids is 2. The van der Waals surface area contributed by atoms with E-state index in [0.29, 0.717) is 15.8 Å². The number of benzene rings is 1. The Hall–Kier alpha value is -1.82. The molecule has 1 aromatic rings. The quantitative estimate of drug-likeness (QED) is 0.722. The molecule has 0 N–H and O–H groups in total. The second-order valence-corrected chi connectivity index (χ2v) is 7.00. The molecule has 0 aliphatic rings. The van der Waals surface area contributed by atoms with Crippen molar-refractivity contribution in [2.24, 2.45) is 0 Å². The first kappa shape index (κ1) is 19.2. The lowest BCUT2D eigenvalue weighted by atomic mass is 10.1. The Kier molecular flexibility index (Phi) is 6.38. The van der Waals surface area contributed by atoms with Gasteiger partial charge in [-0.2, -0.15) is 0 Å². The summed E-state index contributed by atoms with van der Waals surface area (Å²) >= 11 is 3.33. The Balaban J connectivity index is 3.25. The fourth-order valence-electron chi connectivity index (χ4n) is 1.82. The van der Waals surface area contributed by atoms with Crippen molar-refractivity contribution in [2.75, 3.05) is 13.7 Å². The Morgan fingerprint density at radius 1 is 1.30 bits per heavy atom. The van der Waals surface area contributed by atoms with Crippen LogP contribution in [0.3, 0.4) is 0 Å². The zero-order chi connectivity index (χ0) is 17.8. The number of carbonyl (C=O) groups is 2. The number of hydrogen-bond acceptors (Lipinski definition) is 4. The van der Waals surface area contributed by atoms with E-state index >= 15 is 0 Å². The highest BCUT2D eigenvalue weighted by Gasteiger charge is 2.30. The van der Waals surface area contributed by atoms with Crippen LogP contribution >= 0.6 is 15.9 Å². The minimum Gasteiger partial charge on any atom is -0.496 e. The molecular formula is C17H22BrNO4. The van der Waals surface area contributed by atoms with Gasteiger partial charge in [0.2, 0.25) is 0 Å². The Morgan fingerprint density at radius 2 is 1.91 bits per heavy atom. The van der Waals surface area contributed by atoms with Crippen molar-refractivity contribution >= 4 is 27.9 Å². The summed E-state index contributed by atoms with van der Waals surface area (Å²) in [6, 6.07) is 5.12. The highest BCUT2D eigenvalue weighted by Crippen LogP contribution is 2.28. The topological polar surface area (TPSA) is 55.8 Å². The van der Waals surface area contributed by atoms with Crippen LogP contribution in [0.5, 0.6) is 5.75 Å². The molecule has 1 rings (SSSR count). The number of nitrogens with zero attached hydrogens (tertiary/aromatic N) is 1. The van der Waals surface area contributed by atoms with Crippen LogP contribution in [0.2, 0.25) is 0 Å². The average molecular weight is 384 g/mol. The molecule has 0 fully saturated rings. The monoisotopic (exact) mass is 383 g/mol. The van der Waals surface area contributed by atoms with Gasteiger partial charge in [0.15, 0.2) is 0 Å². The van der Waals surface area contributed by atoms with Crippen molar-refractivity contribution in [2.45, 2.75) is 33.3 Å². The van der Waals surface area contributed by atoms with E-state index in [0.717, 1.165) is 4.90 Å². The van der Waals surface area contributed by atoms with E-state index in [2.05, 4.69) is 22.5 Å². The van der Waals surface area contributed by atoms with Gasteiger partial charge in [-0.15, -0.1) is 0 Å². The molecule has 23 heavy (non-hydrogen) atoms. The van der Waals surface area contributed by atoms with Crippen molar-refractivity contribution in [1.82, 2.24) is 4.90 Å². The van der Waals surface area contributed by atoms with Crippen molar-refractivity contribution in [1.29, 1.82) is 0 Å². The molecule has 0 unspecified atom stereocenters. The smallest absolute Gasteiger partial charge is 0.417 e. The number of ether oxygens (including phenoxy) is 2. The van der Waals surface area contributed by atoms with Gasteiger partial charge in [0.25, 0.3) is 5.91 Å². The molecule has 6 heteroatoms. The lowest BCUT2D eigenvalue weighted by molar-refractivity contribution is 0.0255. The Morgan fingerprint density at radius 3 is 2.39 bits per heavy atom. The average Bonchev–Trinajstić information content (AvgIpc) is 2.41. The molecule has 0 aromatic heterocycles. The first-order chi connectivity index (χ1) is 10.6. The van der Waals surface area contributed by atoms with E-state index in [-0.39, 0.29) is 12.1 Å². The van der Waals surface area contributed by atoms with Gasteiger partial charge in [0.05, 0.1) is 19.2 Å². The van der Waals surface area contributed by atoms with Gasteiger partial charge in [0, 0.05) is 4.47 Å². The first-order valence-electron chi connectivity index (χ1n) is 7.08. The van der Waals surface area contributed by atoms with Crippen LogP contribution in [0.1, 0.15) is 38.1 Å². The second kappa shape index (κ2) is 7.64. The number of hydrogen-bond donors (Lipinski definition) is 0. The van der Waals surface area contributed by atoms with E-state index < -0.39 is 17.6 Å². The lowest BCUT2D eigenvalue weighted by Crippen LogP contribution is -2.42. The highest BCUT2D eigenvalue weighted by atomic mass is 79.9. The third kappa shape index (κ3) is 5.39. The van der Waals surface area contributed by atoms with Crippen molar-refractivity contribution in [3.05, 3.63) is 40.4 Å². The fraction of sp³-hybridized carbons (Fsp3) is 0.412. The maximum Gasteiger partial charge on any atom is 0.417 e. The van der Waals surface area contributed by atoms with Crippen molar-refractivity contribution < 1.29 is 19.1 Å². The molecule has 0 radical (unpaired) electrons. The number of methoxy groups -OCH3 is 1. The van der Waals surface area contributed by atoms with Gasteiger partial charge in [-0.05, 0) is 55.8 Å². The summed E-state index contributed by atoms with van der Waals surface area (Å²) in [5.74, 6) is -0.133. The van der Waals surface area contributed by atoms with Crippen LogP contribution in [-0.4, -0.2) is 36.2 Å². The molecule has 0 bridgehead atoms. The zero-order valence-corrected chi connectivity index (χ0v) is 15.7. The van der Waals surface area contributed by atoms with Gasteiger partial charge >= 0.3 is 6.09 Å². The van der Waals surface area contributed by atoms with E-state index in [1.807, 2.05) is 0 Å². The second-order valence-electron chi connectivity index (χ2n) is 6.15. The van der Waals surface area contributed by atoms with Crippen molar-refractivity contribution in [3.63, 3.8) is 0 Å². The van der Waals surface area contributed by atoms with Crippen LogP contribution in [-0.2, 0) is 4.74 Å². The van der Waals surface area contributed by atoms with E-state index in [4.69, 9.17) is 9.47 Å². The summed E-state index contributed by atoms with van der Waals surface area (Å²) in [6.45, 7) is 10.8. The molecule has 0 spiro atoms. The molecular weight excluding hydrogens is 362 g/mol. The molecule has 0 atom stereocenters.